The highest BCUT2D eigenvalue weighted by Gasteiger charge is 2.37. The number of nitrogens with one attached hydrogen (secondary N) is 1. The number of ether oxygens (including phenoxy) is 1. The van der Waals surface area contributed by atoms with Crippen LogP contribution >= 0.6 is 11.6 Å². The molecule has 0 aromatic heterocycles. The Morgan fingerprint density at radius 2 is 1.76 bits per heavy atom. The molecule has 3 rings (SSSR count). The molecule has 3 unspecified atom stereocenters. The maximum atomic E-state index is 13.4. The topological polar surface area (TPSA) is 97.3 Å². The van der Waals surface area contributed by atoms with Crippen molar-refractivity contribution in [2.24, 2.45) is 11.0 Å². The maximum Gasteiger partial charge on any atom is 0.266 e. The van der Waals surface area contributed by atoms with Gasteiger partial charge in [0.25, 0.3) is 11.8 Å². The smallest absolute Gasteiger partial charge is 0.266 e. The van der Waals surface area contributed by atoms with Crippen LogP contribution < -0.4 is 15.1 Å². The van der Waals surface area contributed by atoms with Gasteiger partial charge in [-0.1, -0.05) is 72.2 Å². The Labute approximate surface area is 251 Å². The molecule has 0 bridgehead atoms. The van der Waals surface area contributed by atoms with Gasteiger partial charge in [0.1, 0.15) is 11.6 Å². The number of halogens is 1. The zero-order valence-corrected chi connectivity index (χ0v) is 27.0. The number of hydrogen-bond donors (Lipinski definition) is 1. The van der Waals surface area contributed by atoms with Gasteiger partial charge in [0, 0.05) is 5.56 Å². The Hall–Kier alpha value is -2.75. The van der Waals surface area contributed by atoms with Gasteiger partial charge >= 0.3 is 0 Å². The summed E-state index contributed by atoms with van der Waals surface area (Å²) in [5.41, 5.74) is 2.46. The van der Waals surface area contributed by atoms with E-state index in [2.05, 4.69) is 64.1 Å². The van der Waals surface area contributed by atoms with E-state index in [1.165, 1.54) is 18.7 Å². The van der Waals surface area contributed by atoms with E-state index in [1.807, 2.05) is 13.0 Å². The summed E-state index contributed by atoms with van der Waals surface area (Å²) >= 11 is 4.72. The average Bonchev–Trinajstić information content (AvgIpc) is 3.23. The quantitative estimate of drug-likeness (QED) is 0.310. The Bertz CT molecular complexity index is 1360. The molecule has 1 N–H and O–H groups in total. The van der Waals surface area contributed by atoms with E-state index >= 15 is 0 Å². The van der Waals surface area contributed by atoms with Crippen LogP contribution in [0.1, 0.15) is 85.8 Å². The number of carbonyl (C=O) groups is 2. The number of amides is 2. The van der Waals surface area contributed by atoms with Gasteiger partial charge in [0.2, 0.25) is 0 Å². The van der Waals surface area contributed by atoms with Crippen molar-refractivity contribution in [1.29, 1.82) is 0 Å². The molecule has 224 valence electrons. The van der Waals surface area contributed by atoms with E-state index in [-0.39, 0.29) is 33.5 Å². The second kappa shape index (κ2) is 13.0. The summed E-state index contributed by atoms with van der Waals surface area (Å²) in [5.74, 6) is -0.558. The molecule has 41 heavy (non-hydrogen) atoms. The van der Waals surface area contributed by atoms with Crippen molar-refractivity contribution in [3.05, 3.63) is 52.5 Å². The second-order valence-corrected chi connectivity index (χ2v) is 13.2. The summed E-state index contributed by atoms with van der Waals surface area (Å²) < 4.78 is 23.1. The normalized spacial score (nSPS) is 17.3. The van der Waals surface area contributed by atoms with E-state index in [1.54, 1.807) is 19.1 Å². The fourth-order valence-electron chi connectivity index (χ4n) is 4.37. The number of hydrazone groups is 1. The SMILES string of the molecule is CCC(Oc1ccc(C(C)(C)CC)cc1C(C)(C)CC)C(=O)NC1=NN(c2ccc(S(=O)OC)cc2Cl)C(=O)C1C. The number of benzene rings is 2. The van der Waals surface area contributed by atoms with Crippen LogP contribution in [0.15, 0.2) is 46.4 Å². The Morgan fingerprint density at radius 3 is 2.32 bits per heavy atom. The largest absolute Gasteiger partial charge is 0.480 e. The van der Waals surface area contributed by atoms with Crippen LogP contribution in [-0.4, -0.2) is 35.1 Å². The minimum atomic E-state index is -1.67. The summed E-state index contributed by atoms with van der Waals surface area (Å²) in [7, 11) is 1.32. The Morgan fingerprint density at radius 1 is 1.10 bits per heavy atom. The molecule has 2 aromatic carbocycles. The predicted octanol–water partition coefficient (Wildman–Crippen LogP) is 6.65. The lowest BCUT2D eigenvalue weighted by Gasteiger charge is -2.31. The summed E-state index contributed by atoms with van der Waals surface area (Å²) in [4.78, 5) is 26.9. The van der Waals surface area contributed by atoms with Crippen molar-refractivity contribution in [2.45, 2.75) is 96.5 Å². The maximum absolute atomic E-state index is 13.4. The molecule has 0 saturated heterocycles. The number of nitrogens with zero attached hydrogens (tertiary/aromatic N) is 2. The summed E-state index contributed by atoms with van der Waals surface area (Å²) in [6.45, 7) is 16.7. The van der Waals surface area contributed by atoms with E-state index in [9.17, 15) is 13.8 Å². The Kier molecular flexibility index (Phi) is 10.4. The summed E-state index contributed by atoms with van der Waals surface area (Å²) in [6, 6.07) is 10.8. The van der Waals surface area contributed by atoms with E-state index in [0.717, 1.165) is 23.4 Å². The first-order chi connectivity index (χ1) is 19.2. The minimum absolute atomic E-state index is 0.0118. The molecular formula is C31H42ClN3O5S. The molecule has 10 heteroatoms. The molecular weight excluding hydrogens is 562 g/mol. The van der Waals surface area contributed by atoms with E-state index in [4.69, 9.17) is 20.5 Å². The van der Waals surface area contributed by atoms with Crippen molar-refractivity contribution in [1.82, 2.24) is 5.32 Å². The fraction of sp³-hybridized carbons (Fsp3) is 0.516. The van der Waals surface area contributed by atoms with Crippen molar-refractivity contribution in [3.63, 3.8) is 0 Å². The van der Waals surface area contributed by atoms with Gasteiger partial charge in [-0.15, -0.1) is 0 Å². The van der Waals surface area contributed by atoms with Crippen LogP contribution in [0.4, 0.5) is 5.69 Å². The lowest BCUT2D eigenvalue weighted by atomic mass is 9.76. The van der Waals surface area contributed by atoms with Crippen LogP contribution in [0, 0.1) is 5.92 Å². The van der Waals surface area contributed by atoms with Crippen molar-refractivity contribution >= 4 is 46.0 Å². The molecule has 0 radical (unpaired) electrons. The van der Waals surface area contributed by atoms with Crippen molar-refractivity contribution in [2.75, 3.05) is 12.1 Å². The van der Waals surface area contributed by atoms with Crippen LogP contribution in [0.2, 0.25) is 5.02 Å². The molecule has 3 atom stereocenters. The van der Waals surface area contributed by atoms with Gasteiger partial charge in [0.05, 0.1) is 28.6 Å². The molecule has 0 aliphatic carbocycles. The zero-order chi connectivity index (χ0) is 30.7. The van der Waals surface area contributed by atoms with Crippen LogP contribution in [-0.2, 0) is 35.7 Å². The highest BCUT2D eigenvalue weighted by atomic mass is 35.5. The third kappa shape index (κ3) is 7.01. The van der Waals surface area contributed by atoms with Gasteiger partial charge < -0.3 is 10.1 Å². The molecule has 2 amide bonds. The highest BCUT2D eigenvalue weighted by molar-refractivity contribution is 7.80. The van der Waals surface area contributed by atoms with Crippen molar-refractivity contribution in [3.8, 4) is 5.75 Å². The van der Waals surface area contributed by atoms with Gasteiger partial charge in [-0.25, -0.2) is 4.21 Å². The Balaban J connectivity index is 1.87. The number of anilines is 1. The number of amidine groups is 1. The average molecular weight is 604 g/mol. The van der Waals surface area contributed by atoms with Gasteiger partial charge in [-0.05, 0) is 66.8 Å². The second-order valence-electron chi connectivity index (χ2n) is 11.6. The first-order valence-electron chi connectivity index (χ1n) is 14.0. The zero-order valence-electron chi connectivity index (χ0n) is 25.5. The predicted molar refractivity (Wildman–Crippen MR) is 165 cm³/mol. The molecule has 1 aliphatic heterocycles. The van der Waals surface area contributed by atoms with Gasteiger partial charge in [-0.3, -0.25) is 13.8 Å². The molecule has 2 aromatic rings. The first kappa shape index (κ1) is 32.8. The van der Waals surface area contributed by atoms with E-state index < -0.39 is 23.1 Å². The van der Waals surface area contributed by atoms with Gasteiger partial charge in [0.15, 0.2) is 17.2 Å². The lowest BCUT2D eigenvalue weighted by molar-refractivity contribution is -0.126. The minimum Gasteiger partial charge on any atom is -0.480 e. The van der Waals surface area contributed by atoms with E-state index in [0.29, 0.717) is 22.8 Å². The van der Waals surface area contributed by atoms with Crippen LogP contribution in [0.3, 0.4) is 0 Å². The lowest BCUT2D eigenvalue weighted by Crippen LogP contribution is -2.43. The third-order valence-corrected chi connectivity index (χ3v) is 9.37. The van der Waals surface area contributed by atoms with Crippen LogP contribution in [0.5, 0.6) is 5.75 Å². The summed E-state index contributed by atoms with van der Waals surface area (Å²) in [5, 5.41) is 8.53. The van der Waals surface area contributed by atoms with Crippen molar-refractivity contribution < 1.29 is 22.7 Å². The fourth-order valence-corrected chi connectivity index (χ4v) is 5.28. The van der Waals surface area contributed by atoms with Gasteiger partial charge in [-0.2, -0.15) is 10.1 Å². The first-order valence-corrected chi connectivity index (χ1v) is 15.5. The molecule has 0 spiro atoms. The number of hydrogen-bond acceptors (Lipinski definition) is 6. The number of carbonyl (C=O) groups excluding carboxylic acids is 2. The standard InChI is InChI=1S/C31H42ClN3O5S/c1-10-25(40-26-16-13-20(30(5,6)11-2)17-22(26)31(7,8)12-3)28(36)33-27-19(4)29(37)35(34-27)24-15-14-21(18-23(24)32)41(38)39-9/h13-19,25H,10-12H2,1-9H3,(H,33,34,36). The third-order valence-electron chi connectivity index (χ3n) is 8.13. The molecule has 8 nitrogen and oxygen atoms in total. The summed E-state index contributed by atoms with van der Waals surface area (Å²) in [6.07, 6.45) is 1.53. The molecule has 0 fully saturated rings. The molecule has 1 heterocycles. The molecule has 1 aliphatic rings. The monoisotopic (exact) mass is 603 g/mol. The number of rotatable bonds is 11. The van der Waals surface area contributed by atoms with Crippen LogP contribution in [0.25, 0.3) is 0 Å². The highest BCUT2D eigenvalue weighted by Crippen LogP contribution is 2.39. The molecule has 0 saturated carbocycles.